The highest BCUT2D eigenvalue weighted by Crippen LogP contribution is 2.34. The highest BCUT2D eigenvalue weighted by Gasteiger charge is 2.31. The van der Waals surface area contributed by atoms with Crippen LogP contribution < -0.4 is 0 Å². The predicted octanol–water partition coefficient (Wildman–Crippen LogP) is 3.69. The predicted molar refractivity (Wildman–Crippen MR) is 66.0 cm³/mol. The van der Waals surface area contributed by atoms with Crippen molar-refractivity contribution in [1.29, 1.82) is 0 Å². The van der Waals surface area contributed by atoms with Crippen LogP contribution in [0.1, 0.15) is 59.3 Å². The van der Waals surface area contributed by atoms with Crippen molar-refractivity contribution in [3.05, 3.63) is 0 Å². The first-order valence-electron chi connectivity index (χ1n) is 6.79. The van der Waals surface area contributed by atoms with Crippen LogP contribution in [-0.2, 0) is 0 Å². The molecule has 0 spiro atoms. The highest BCUT2D eigenvalue weighted by atomic mass is 15.2. The van der Waals surface area contributed by atoms with Crippen molar-refractivity contribution in [2.45, 2.75) is 65.3 Å². The molecule has 0 saturated heterocycles. The molecule has 0 heterocycles. The lowest BCUT2D eigenvalue weighted by Crippen LogP contribution is -2.42. The Morgan fingerprint density at radius 2 is 1.73 bits per heavy atom. The van der Waals surface area contributed by atoms with E-state index in [2.05, 4.69) is 25.7 Å². The SMILES string of the molecule is CC(C)(C)CCN(CC1CC1)C1CCC1. The molecule has 2 rings (SSSR count). The minimum atomic E-state index is 0.506. The Morgan fingerprint density at radius 1 is 1.07 bits per heavy atom. The summed E-state index contributed by atoms with van der Waals surface area (Å²) in [6.45, 7) is 9.83. The Morgan fingerprint density at radius 3 is 2.13 bits per heavy atom. The van der Waals surface area contributed by atoms with Crippen LogP contribution in [-0.4, -0.2) is 24.0 Å². The Bertz CT molecular complexity index is 196. The van der Waals surface area contributed by atoms with Crippen LogP contribution in [0.5, 0.6) is 0 Å². The van der Waals surface area contributed by atoms with Crippen LogP contribution >= 0.6 is 0 Å². The molecule has 0 N–H and O–H groups in total. The Balaban J connectivity index is 1.75. The third kappa shape index (κ3) is 3.79. The van der Waals surface area contributed by atoms with Crippen LogP contribution in [0.15, 0.2) is 0 Å². The lowest BCUT2D eigenvalue weighted by atomic mass is 9.88. The minimum absolute atomic E-state index is 0.506. The second-order valence-corrected chi connectivity index (χ2v) is 6.83. The van der Waals surface area contributed by atoms with Crippen molar-refractivity contribution in [3.8, 4) is 0 Å². The maximum atomic E-state index is 2.80. The molecule has 2 fully saturated rings. The van der Waals surface area contributed by atoms with Crippen molar-refractivity contribution in [2.24, 2.45) is 11.3 Å². The van der Waals surface area contributed by atoms with Gasteiger partial charge in [-0.3, -0.25) is 0 Å². The first-order valence-corrected chi connectivity index (χ1v) is 6.79. The maximum absolute atomic E-state index is 2.80. The molecular weight excluding hydrogens is 182 g/mol. The molecule has 88 valence electrons. The van der Waals surface area contributed by atoms with E-state index in [1.54, 1.807) is 0 Å². The van der Waals surface area contributed by atoms with Crippen LogP contribution in [0.3, 0.4) is 0 Å². The van der Waals surface area contributed by atoms with Gasteiger partial charge in [-0.1, -0.05) is 27.2 Å². The zero-order valence-corrected chi connectivity index (χ0v) is 10.8. The fourth-order valence-corrected chi connectivity index (χ4v) is 2.29. The fourth-order valence-electron chi connectivity index (χ4n) is 2.29. The Labute approximate surface area is 95.2 Å². The van der Waals surface area contributed by atoms with Gasteiger partial charge in [-0.15, -0.1) is 0 Å². The molecule has 1 nitrogen and oxygen atoms in total. The number of hydrogen-bond acceptors (Lipinski definition) is 1. The lowest BCUT2D eigenvalue weighted by Gasteiger charge is -2.39. The van der Waals surface area contributed by atoms with Crippen molar-refractivity contribution < 1.29 is 0 Å². The maximum Gasteiger partial charge on any atom is 0.00953 e. The molecule has 0 amide bonds. The van der Waals surface area contributed by atoms with Crippen LogP contribution in [0.2, 0.25) is 0 Å². The summed E-state index contributed by atoms with van der Waals surface area (Å²) in [7, 11) is 0. The molecule has 0 radical (unpaired) electrons. The van der Waals surface area contributed by atoms with Crippen molar-refractivity contribution in [3.63, 3.8) is 0 Å². The molecule has 0 atom stereocenters. The molecule has 2 aliphatic rings. The average Bonchev–Trinajstić information content (AvgIpc) is 2.79. The molecular formula is C14H27N. The largest absolute Gasteiger partial charge is 0.300 e. The van der Waals surface area contributed by atoms with E-state index in [1.165, 1.54) is 51.6 Å². The van der Waals surface area contributed by atoms with E-state index >= 15 is 0 Å². The third-order valence-electron chi connectivity index (χ3n) is 3.93. The van der Waals surface area contributed by atoms with E-state index < -0.39 is 0 Å². The number of rotatable bonds is 5. The molecule has 0 unspecified atom stereocenters. The topological polar surface area (TPSA) is 3.24 Å². The Kier molecular flexibility index (Phi) is 3.39. The van der Waals surface area contributed by atoms with Gasteiger partial charge in [-0.05, 0) is 50.0 Å². The van der Waals surface area contributed by atoms with Crippen LogP contribution in [0, 0.1) is 11.3 Å². The van der Waals surface area contributed by atoms with Gasteiger partial charge in [-0.2, -0.15) is 0 Å². The van der Waals surface area contributed by atoms with Gasteiger partial charge in [0, 0.05) is 12.6 Å². The summed E-state index contributed by atoms with van der Waals surface area (Å²) < 4.78 is 0. The summed E-state index contributed by atoms with van der Waals surface area (Å²) in [5, 5.41) is 0. The van der Waals surface area contributed by atoms with Gasteiger partial charge in [0.05, 0.1) is 0 Å². The van der Waals surface area contributed by atoms with Crippen molar-refractivity contribution >= 4 is 0 Å². The Hall–Kier alpha value is -0.0400. The summed E-state index contributed by atoms with van der Waals surface area (Å²) in [6, 6.07) is 0.952. The summed E-state index contributed by atoms with van der Waals surface area (Å²) in [5.74, 6) is 1.06. The van der Waals surface area contributed by atoms with E-state index in [-0.39, 0.29) is 0 Å². The van der Waals surface area contributed by atoms with E-state index in [0.29, 0.717) is 5.41 Å². The molecule has 2 aliphatic carbocycles. The zero-order valence-electron chi connectivity index (χ0n) is 10.8. The molecule has 0 aromatic heterocycles. The first-order chi connectivity index (χ1) is 7.04. The molecule has 15 heavy (non-hydrogen) atoms. The average molecular weight is 209 g/mol. The third-order valence-corrected chi connectivity index (χ3v) is 3.93. The molecule has 0 aromatic rings. The van der Waals surface area contributed by atoms with E-state index in [1.807, 2.05) is 0 Å². The van der Waals surface area contributed by atoms with E-state index in [4.69, 9.17) is 0 Å². The number of hydrogen-bond donors (Lipinski definition) is 0. The van der Waals surface area contributed by atoms with Gasteiger partial charge in [0.1, 0.15) is 0 Å². The van der Waals surface area contributed by atoms with Gasteiger partial charge < -0.3 is 4.90 Å². The molecule has 1 heteroatoms. The summed E-state index contributed by atoms with van der Waals surface area (Å²) >= 11 is 0. The van der Waals surface area contributed by atoms with Gasteiger partial charge in [0.25, 0.3) is 0 Å². The lowest BCUT2D eigenvalue weighted by molar-refractivity contribution is 0.107. The molecule has 2 saturated carbocycles. The van der Waals surface area contributed by atoms with Crippen molar-refractivity contribution in [1.82, 2.24) is 4.90 Å². The summed E-state index contributed by atoms with van der Waals surface area (Å²) in [5.41, 5.74) is 0.506. The van der Waals surface area contributed by atoms with Gasteiger partial charge >= 0.3 is 0 Å². The number of nitrogens with zero attached hydrogens (tertiary/aromatic N) is 1. The van der Waals surface area contributed by atoms with Crippen LogP contribution in [0.25, 0.3) is 0 Å². The summed E-state index contributed by atoms with van der Waals surface area (Å²) in [6.07, 6.45) is 8.77. The minimum Gasteiger partial charge on any atom is -0.300 e. The van der Waals surface area contributed by atoms with Gasteiger partial charge in [-0.25, -0.2) is 0 Å². The van der Waals surface area contributed by atoms with Gasteiger partial charge in [0.2, 0.25) is 0 Å². The van der Waals surface area contributed by atoms with Crippen LogP contribution in [0.4, 0.5) is 0 Å². The van der Waals surface area contributed by atoms with Gasteiger partial charge in [0.15, 0.2) is 0 Å². The monoisotopic (exact) mass is 209 g/mol. The van der Waals surface area contributed by atoms with Crippen molar-refractivity contribution in [2.75, 3.05) is 13.1 Å². The quantitative estimate of drug-likeness (QED) is 0.667. The second-order valence-electron chi connectivity index (χ2n) is 6.83. The second kappa shape index (κ2) is 4.45. The normalized spacial score (nSPS) is 23.2. The smallest absolute Gasteiger partial charge is 0.00953 e. The van der Waals surface area contributed by atoms with E-state index in [9.17, 15) is 0 Å². The van der Waals surface area contributed by atoms with E-state index in [0.717, 1.165) is 12.0 Å². The highest BCUT2D eigenvalue weighted by molar-refractivity contribution is 4.85. The molecule has 0 aliphatic heterocycles. The molecule has 0 bridgehead atoms. The zero-order chi connectivity index (χ0) is 10.9. The summed E-state index contributed by atoms with van der Waals surface area (Å²) in [4.78, 5) is 2.80. The fraction of sp³-hybridized carbons (Fsp3) is 1.00. The first kappa shape index (κ1) is 11.4. The standard InChI is InChI=1S/C14H27N/c1-14(2,3)9-10-15(11-12-7-8-12)13-5-4-6-13/h12-13H,4-11H2,1-3H3. The molecule has 0 aromatic carbocycles.